The lowest BCUT2D eigenvalue weighted by Gasteiger charge is -2.43. The maximum absolute atomic E-state index is 11.7. The SMILES string of the molecule is COc1cc(N2CCC(N3CCN(C(C)=O)CC3)CC2)ccc1Nc1ncc2ccc(-c3ccccc3OC)n2n1. The number of methoxy groups -OCH3 is 2. The number of amides is 1. The second-order valence-electron chi connectivity index (χ2n) is 10.6. The molecule has 2 aliphatic rings. The fourth-order valence-corrected chi connectivity index (χ4v) is 6.01. The number of ether oxygens (including phenoxy) is 2. The number of hydrogen-bond donors (Lipinski definition) is 1. The highest BCUT2D eigenvalue weighted by Gasteiger charge is 2.28. The highest BCUT2D eigenvalue weighted by Crippen LogP contribution is 2.34. The van der Waals surface area contributed by atoms with Crippen LogP contribution in [-0.2, 0) is 4.79 Å². The highest BCUT2D eigenvalue weighted by molar-refractivity contribution is 5.74. The number of nitrogens with zero attached hydrogens (tertiary/aromatic N) is 6. The van der Waals surface area contributed by atoms with Crippen molar-refractivity contribution in [2.24, 2.45) is 0 Å². The van der Waals surface area contributed by atoms with E-state index >= 15 is 0 Å². The van der Waals surface area contributed by atoms with E-state index in [4.69, 9.17) is 14.6 Å². The molecule has 2 aliphatic heterocycles. The number of piperidine rings is 1. The Morgan fingerprint density at radius 3 is 2.39 bits per heavy atom. The number of carbonyl (C=O) groups is 1. The van der Waals surface area contributed by atoms with E-state index in [1.165, 1.54) is 0 Å². The number of anilines is 3. The Labute approximate surface area is 240 Å². The zero-order valence-electron chi connectivity index (χ0n) is 23.9. The number of hydrogen-bond acceptors (Lipinski definition) is 8. The van der Waals surface area contributed by atoms with E-state index < -0.39 is 0 Å². The monoisotopic (exact) mass is 555 g/mol. The Morgan fingerprint density at radius 2 is 1.66 bits per heavy atom. The molecular weight excluding hydrogens is 518 g/mol. The maximum atomic E-state index is 11.7. The number of rotatable bonds is 7. The van der Waals surface area contributed by atoms with Gasteiger partial charge >= 0.3 is 0 Å². The molecule has 0 unspecified atom stereocenters. The van der Waals surface area contributed by atoms with Crippen molar-refractivity contribution in [1.82, 2.24) is 24.4 Å². The van der Waals surface area contributed by atoms with Crippen molar-refractivity contribution in [2.45, 2.75) is 25.8 Å². The van der Waals surface area contributed by atoms with Gasteiger partial charge in [0.2, 0.25) is 11.9 Å². The van der Waals surface area contributed by atoms with E-state index in [0.717, 1.165) is 91.8 Å². The van der Waals surface area contributed by atoms with Crippen molar-refractivity contribution in [3.8, 4) is 22.8 Å². The molecule has 0 bridgehead atoms. The van der Waals surface area contributed by atoms with Crippen LogP contribution in [0.5, 0.6) is 11.5 Å². The van der Waals surface area contributed by atoms with Gasteiger partial charge in [0.1, 0.15) is 11.5 Å². The Hall–Kier alpha value is -4.31. The summed E-state index contributed by atoms with van der Waals surface area (Å²) >= 11 is 0. The summed E-state index contributed by atoms with van der Waals surface area (Å²) in [5, 5.41) is 8.14. The first-order valence-corrected chi connectivity index (χ1v) is 14.2. The summed E-state index contributed by atoms with van der Waals surface area (Å²) in [5.74, 6) is 2.19. The fourth-order valence-electron chi connectivity index (χ4n) is 6.01. The molecule has 10 nitrogen and oxygen atoms in total. The van der Waals surface area contributed by atoms with Crippen LogP contribution < -0.4 is 19.7 Å². The van der Waals surface area contributed by atoms with Gasteiger partial charge in [-0.1, -0.05) is 12.1 Å². The van der Waals surface area contributed by atoms with Gasteiger partial charge in [0.15, 0.2) is 0 Å². The molecule has 1 amide bonds. The Bertz CT molecular complexity index is 1520. The summed E-state index contributed by atoms with van der Waals surface area (Å²) < 4.78 is 13.2. The van der Waals surface area contributed by atoms with Crippen molar-refractivity contribution in [2.75, 3.05) is 63.7 Å². The molecule has 4 heterocycles. The molecule has 0 aliphatic carbocycles. The van der Waals surface area contributed by atoms with Crippen LogP contribution in [0.2, 0.25) is 0 Å². The lowest BCUT2D eigenvalue weighted by Crippen LogP contribution is -2.54. The minimum absolute atomic E-state index is 0.181. The van der Waals surface area contributed by atoms with Gasteiger partial charge in [-0.2, -0.15) is 0 Å². The van der Waals surface area contributed by atoms with E-state index in [1.54, 1.807) is 27.3 Å². The third kappa shape index (κ3) is 5.52. The van der Waals surface area contributed by atoms with Crippen LogP contribution in [0, 0.1) is 0 Å². The molecule has 0 radical (unpaired) electrons. The first-order chi connectivity index (χ1) is 20.0. The third-order valence-corrected chi connectivity index (χ3v) is 8.32. The highest BCUT2D eigenvalue weighted by atomic mass is 16.5. The van der Waals surface area contributed by atoms with Gasteiger partial charge in [-0.3, -0.25) is 9.69 Å². The zero-order valence-corrected chi connectivity index (χ0v) is 23.9. The van der Waals surface area contributed by atoms with Gasteiger partial charge in [0, 0.05) is 69.6 Å². The average Bonchev–Trinajstić information content (AvgIpc) is 3.44. The van der Waals surface area contributed by atoms with Crippen LogP contribution in [0.4, 0.5) is 17.3 Å². The molecule has 41 heavy (non-hydrogen) atoms. The van der Waals surface area contributed by atoms with Gasteiger partial charge < -0.3 is 24.6 Å². The molecule has 2 saturated heterocycles. The quantitative estimate of drug-likeness (QED) is 0.362. The topological polar surface area (TPSA) is 87.5 Å². The van der Waals surface area contributed by atoms with Gasteiger partial charge in [0.25, 0.3) is 0 Å². The van der Waals surface area contributed by atoms with Crippen molar-refractivity contribution in [3.63, 3.8) is 0 Å². The molecule has 0 spiro atoms. The van der Waals surface area contributed by atoms with Gasteiger partial charge in [-0.15, -0.1) is 5.10 Å². The number of fused-ring (bicyclic) bond motifs is 1. The number of piperazine rings is 1. The van der Waals surface area contributed by atoms with Crippen LogP contribution in [-0.4, -0.2) is 89.8 Å². The molecule has 0 saturated carbocycles. The second-order valence-corrected chi connectivity index (χ2v) is 10.6. The number of aromatic nitrogens is 3. The second kappa shape index (κ2) is 11.7. The standard InChI is InChI=1S/C31H37N7O3/c1-22(39)35-16-18-37(19-17-35)23-12-14-36(15-13-23)24-8-10-27(30(20-24)41-3)33-31-32-21-25-9-11-28(38(25)34-31)26-6-4-5-7-29(26)40-2/h4-11,20-21,23H,12-19H2,1-3H3,(H,33,34). The molecule has 214 valence electrons. The van der Waals surface area contributed by atoms with Crippen molar-refractivity contribution < 1.29 is 14.3 Å². The van der Waals surface area contributed by atoms with Crippen LogP contribution in [0.3, 0.4) is 0 Å². The summed E-state index contributed by atoms with van der Waals surface area (Å²) in [6, 6.07) is 18.8. The van der Waals surface area contributed by atoms with Gasteiger partial charge in [-0.05, 0) is 49.2 Å². The first kappa shape index (κ1) is 26.9. The minimum Gasteiger partial charge on any atom is -0.496 e. The van der Waals surface area contributed by atoms with Crippen LogP contribution in [0.15, 0.2) is 60.8 Å². The van der Waals surface area contributed by atoms with E-state index in [9.17, 15) is 4.79 Å². The van der Waals surface area contributed by atoms with Gasteiger partial charge in [0.05, 0.1) is 37.3 Å². The predicted octanol–water partition coefficient (Wildman–Crippen LogP) is 4.29. The van der Waals surface area contributed by atoms with E-state index in [1.807, 2.05) is 51.9 Å². The summed E-state index contributed by atoms with van der Waals surface area (Å²) in [6.07, 6.45) is 4.03. The number of nitrogens with one attached hydrogen (secondary N) is 1. The normalized spacial score (nSPS) is 16.7. The van der Waals surface area contributed by atoms with Crippen LogP contribution in [0.25, 0.3) is 16.8 Å². The molecule has 6 rings (SSSR count). The maximum Gasteiger partial charge on any atom is 0.245 e. The summed E-state index contributed by atoms with van der Waals surface area (Å²) in [6.45, 7) is 7.26. The average molecular weight is 556 g/mol. The molecule has 4 aromatic rings. The molecule has 2 fully saturated rings. The van der Waals surface area contributed by atoms with Crippen LogP contribution >= 0.6 is 0 Å². The van der Waals surface area contributed by atoms with Gasteiger partial charge in [-0.25, -0.2) is 9.50 Å². The lowest BCUT2D eigenvalue weighted by molar-refractivity contribution is -0.130. The van der Waals surface area contributed by atoms with Crippen molar-refractivity contribution >= 4 is 28.7 Å². The number of para-hydroxylation sites is 1. The summed E-state index contributed by atoms with van der Waals surface area (Å²) in [5.41, 5.74) is 4.73. The molecule has 10 heteroatoms. The molecule has 2 aromatic heterocycles. The smallest absolute Gasteiger partial charge is 0.245 e. The fraction of sp³-hybridized carbons (Fsp3) is 0.387. The van der Waals surface area contributed by atoms with Crippen molar-refractivity contribution in [1.29, 1.82) is 0 Å². The Balaban J connectivity index is 1.14. The molecule has 2 aromatic carbocycles. The van der Waals surface area contributed by atoms with Crippen molar-refractivity contribution in [3.05, 3.63) is 60.8 Å². The van der Waals surface area contributed by atoms with E-state index in [0.29, 0.717) is 12.0 Å². The third-order valence-electron chi connectivity index (χ3n) is 8.32. The molecular formula is C31H37N7O3. The Kier molecular flexibility index (Phi) is 7.65. The van der Waals surface area contributed by atoms with E-state index in [2.05, 4.69) is 32.2 Å². The Morgan fingerprint density at radius 1 is 0.902 bits per heavy atom. The largest absolute Gasteiger partial charge is 0.496 e. The predicted molar refractivity (Wildman–Crippen MR) is 160 cm³/mol. The first-order valence-electron chi connectivity index (χ1n) is 14.2. The minimum atomic E-state index is 0.181. The number of benzene rings is 2. The zero-order chi connectivity index (χ0) is 28.3. The summed E-state index contributed by atoms with van der Waals surface area (Å²) in [4.78, 5) is 23.1. The summed E-state index contributed by atoms with van der Waals surface area (Å²) in [7, 11) is 3.36. The molecule has 1 N–H and O–H groups in total. The van der Waals surface area contributed by atoms with E-state index in [-0.39, 0.29) is 5.91 Å². The molecule has 0 atom stereocenters. The van der Waals surface area contributed by atoms with Crippen LogP contribution in [0.1, 0.15) is 19.8 Å². The number of carbonyl (C=O) groups excluding carboxylic acids is 1. The lowest BCUT2D eigenvalue weighted by atomic mass is 10.0.